The maximum Gasteiger partial charge on any atom is 0.181 e. The van der Waals surface area contributed by atoms with Crippen LogP contribution in [0.25, 0.3) is 10.7 Å². The molecular formula is C19H19ClN2O6S. The lowest BCUT2D eigenvalue weighted by molar-refractivity contribution is -0.231. The van der Waals surface area contributed by atoms with E-state index in [1.165, 1.54) is 24.0 Å². The number of aliphatic hydroxyl groups excluding tert-OH is 4. The normalized spacial score (nSPS) is 27.3. The Kier molecular flexibility index (Phi) is 5.98. The topological polar surface area (TPSA) is 129 Å². The van der Waals surface area contributed by atoms with Crippen molar-refractivity contribution < 1.29 is 29.6 Å². The lowest BCUT2D eigenvalue weighted by Crippen LogP contribution is -2.55. The fourth-order valence-electron chi connectivity index (χ4n) is 3.30. The number of halogens is 1. The number of aliphatic hydroxyl groups is 4. The number of aromatic nitrogens is 2. The molecule has 0 radical (unpaired) electrons. The molecule has 10 heteroatoms. The number of hydrogen-bond donors (Lipinski definition) is 4. The van der Waals surface area contributed by atoms with Gasteiger partial charge in [0.25, 0.3) is 0 Å². The van der Waals surface area contributed by atoms with Crippen molar-refractivity contribution in [3.8, 4) is 10.7 Å². The molecule has 1 saturated heterocycles. The van der Waals surface area contributed by atoms with Gasteiger partial charge in [-0.3, -0.25) is 0 Å². The van der Waals surface area contributed by atoms with E-state index < -0.39 is 37.1 Å². The monoisotopic (exact) mass is 438 g/mol. The van der Waals surface area contributed by atoms with Crippen LogP contribution in [0.4, 0.5) is 0 Å². The summed E-state index contributed by atoms with van der Waals surface area (Å²) in [5.41, 5.74) is 2.03. The van der Waals surface area contributed by atoms with Crippen molar-refractivity contribution >= 4 is 22.9 Å². The van der Waals surface area contributed by atoms with E-state index in [4.69, 9.17) is 20.8 Å². The zero-order chi connectivity index (χ0) is 20.5. The smallest absolute Gasteiger partial charge is 0.181 e. The highest BCUT2D eigenvalue weighted by molar-refractivity contribution is 7.15. The molecule has 5 atom stereocenters. The Labute approximate surface area is 175 Å². The lowest BCUT2D eigenvalue weighted by atomic mass is 9.90. The van der Waals surface area contributed by atoms with Crippen LogP contribution in [-0.4, -0.2) is 61.4 Å². The number of thiazole rings is 1. The highest BCUT2D eigenvalue weighted by atomic mass is 35.5. The van der Waals surface area contributed by atoms with Crippen LogP contribution in [0.3, 0.4) is 0 Å². The number of nitrogens with zero attached hydrogens (tertiary/aromatic N) is 2. The molecule has 1 aliphatic heterocycles. The molecule has 0 spiro atoms. The van der Waals surface area contributed by atoms with Crippen LogP contribution >= 0.6 is 22.9 Å². The summed E-state index contributed by atoms with van der Waals surface area (Å²) in [6.45, 7) is -0.479. The van der Waals surface area contributed by atoms with E-state index in [0.717, 1.165) is 15.4 Å². The highest BCUT2D eigenvalue weighted by Gasteiger charge is 2.44. The second-order valence-electron chi connectivity index (χ2n) is 6.78. The molecule has 4 N–H and O–H groups in total. The first-order valence-corrected chi connectivity index (χ1v) is 10.1. The van der Waals surface area contributed by atoms with E-state index in [-0.39, 0.29) is 0 Å². The van der Waals surface area contributed by atoms with Crippen molar-refractivity contribution in [3.05, 3.63) is 58.1 Å². The third kappa shape index (κ3) is 4.08. The Morgan fingerprint density at radius 1 is 1.10 bits per heavy atom. The Morgan fingerprint density at radius 2 is 1.93 bits per heavy atom. The van der Waals surface area contributed by atoms with Gasteiger partial charge >= 0.3 is 0 Å². The fourth-order valence-corrected chi connectivity index (χ4v) is 4.37. The van der Waals surface area contributed by atoms with Gasteiger partial charge in [0.05, 0.1) is 6.61 Å². The largest absolute Gasteiger partial charge is 0.451 e. The number of hydrogen-bond acceptors (Lipinski definition) is 9. The molecule has 3 heterocycles. The quantitative estimate of drug-likeness (QED) is 0.472. The van der Waals surface area contributed by atoms with Gasteiger partial charge in [0, 0.05) is 22.5 Å². The van der Waals surface area contributed by atoms with Gasteiger partial charge in [0.1, 0.15) is 47.5 Å². The zero-order valence-electron chi connectivity index (χ0n) is 15.1. The predicted molar refractivity (Wildman–Crippen MR) is 105 cm³/mol. The van der Waals surface area contributed by atoms with Crippen LogP contribution in [-0.2, 0) is 11.2 Å². The molecule has 2 aromatic heterocycles. The summed E-state index contributed by atoms with van der Waals surface area (Å²) in [4.78, 5) is 9.38. The molecule has 0 bridgehead atoms. The highest BCUT2D eigenvalue weighted by Crippen LogP contribution is 2.35. The minimum atomic E-state index is -1.43. The van der Waals surface area contributed by atoms with Gasteiger partial charge in [-0.05, 0) is 17.2 Å². The second-order valence-corrected chi connectivity index (χ2v) is 8.30. The summed E-state index contributed by atoms with van der Waals surface area (Å²) in [5, 5.41) is 41.0. The van der Waals surface area contributed by atoms with Crippen LogP contribution < -0.4 is 0 Å². The first kappa shape index (κ1) is 20.4. The Hall–Kier alpha value is -1.85. The molecule has 1 aromatic carbocycles. The molecule has 1 aliphatic rings. The van der Waals surface area contributed by atoms with E-state index in [0.29, 0.717) is 22.7 Å². The van der Waals surface area contributed by atoms with Crippen molar-refractivity contribution in [3.63, 3.8) is 0 Å². The molecule has 0 unspecified atom stereocenters. The van der Waals surface area contributed by atoms with E-state index in [1.54, 1.807) is 24.4 Å². The predicted octanol–water partition coefficient (Wildman–Crippen LogP) is 1.56. The lowest BCUT2D eigenvalue weighted by Gasteiger charge is -2.40. The molecule has 0 aliphatic carbocycles. The molecule has 29 heavy (non-hydrogen) atoms. The first-order valence-electron chi connectivity index (χ1n) is 8.90. The third-order valence-electron chi connectivity index (χ3n) is 4.86. The van der Waals surface area contributed by atoms with Gasteiger partial charge in [-0.25, -0.2) is 9.97 Å². The standard InChI is InChI=1S/C19H19ClN2O6S/c20-12-2-1-9(18-17(26)16(25)15(24)14(6-23)28-18)3-10(12)4-11-5-21-19(29-11)13-7-27-8-22-13/h1-3,5,7-8,14-18,23-26H,4,6H2/t14-,15-,16+,17-,18+/m1/s1. The van der Waals surface area contributed by atoms with Crippen LogP contribution in [0.15, 0.2) is 41.5 Å². The van der Waals surface area contributed by atoms with Crippen molar-refractivity contribution in [2.24, 2.45) is 0 Å². The van der Waals surface area contributed by atoms with Gasteiger partial charge in [0.15, 0.2) is 6.39 Å². The average molecular weight is 439 g/mol. The summed E-state index contributed by atoms with van der Waals surface area (Å²) < 4.78 is 10.6. The Morgan fingerprint density at radius 3 is 2.66 bits per heavy atom. The SMILES string of the molecule is OC[C@H]1O[C@@H](c2ccc(Cl)c(Cc3cnc(-c4cocn4)s3)c2)[C@H](O)[C@@H](O)[C@@H]1O. The Balaban J connectivity index is 1.58. The number of ether oxygens (including phenoxy) is 1. The summed E-state index contributed by atoms with van der Waals surface area (Å²) in [6.07, 6.45) is -0.944. The van der Waals surface area contributed by atoms with Crippen molar-refractivity contribution in [1.82, 2.24) is 9.97 Å². The summed E-state index contributed by atoms with van der Waals surface area (Å²) in [5.74, 6) is 0. The van der Waals surface area contributed by atoms with Crippen LogP contribution in [0, 0.1) is 0 Å². The van der Waals surface area contributed by atoms with Gasteiger partial charge in [0.2, 0.25) is 0 Å². The molecule has 1 fully saturated rings. The Bertz CT molecular complexity index is 964. The average Bonchev–Trinajstić information content (AvgIpc) is 3.40. The maximum absolute atomic E-state index is 10.4. The molecule has 0 saturated carbocycles. The van der Waals surface area contributed by atoms with Crippen LogP contribution in [0.1, 0.15) is 22.1 Å². The molecule has 154 valence electrons. The third-order valence-corrected chi connectivity index (χ3v) is 6.25. The fraction of sp³-hybridized carbons (Fsp3) is 0.368. The summed E-state index contributed by atoms with van der Waals surface area (Å²) >= 11 is 7.82. The molecule has 3 aromatic rings. The van der Waals surface area contributed by atoms with Crippen molar-refractivity contribution in [1.29, 1.82) is 0 Å². The van der Waals surface area contributed by atoms with Crippen LogP contribution in [0.5, 0.6) is 0 Å². The number of rotatable bonds is 5. The molecular weight excluding hydrogens is 420 g/mol. The molecule has 8 nitrogen and oxygen atoms in total. The van der Waals surface area contributed by atoms with E-state index >= 15 is 0 Å². The van der Waals surface area contributed by atoms with Gasteiger partial charge < -0.3 is 29.6 Å². The minimum Gasteiger partial charge on any atom is -0.451 e. The number of oxazole rings is 1. The van der Waals surface area contributed by atoms with Crippen LogP contribution in [0.2, 0.25) is 5.02 Å². The molecule has 0 amide bonds. The summed E-state index contributed by atoms with van der Waals surface area (Å²) in [7, 11) is 0. The van der Waals surface area contributed by atoms with Gasteiger partial charge in [-0.15, -0.1) is 11.3 Å². The minimum absolute atomic E-state index is 0.479. The summed E-state index contributed by atoms with van der Waals surface area (Å²) in [6, 6.07) is 5.16. The van der Waals surface area contributed by atoms with E-state index in [1.807, 2.05) is 0 Å². The maximum atomic E-state index is 10.4. The number of benzene rings is 1. The molecule has 4 rings (SSSR count). The van der Waals surface area contributed by atoms with Gasteiger partial charge in [-0.1, -0.05) is 23.7 Å². The van der Waals surface area contributed by atoms with Gasteiger partial charge in [-0.2, -0.15) is 0 Å². The first-order chi connectivity index (χ1) is 14.0. The van der Waals surface area contributed by atoms with Crippen molar-refractivity contribution in [2.45, 2.75) is 36.9 Å². The van der Waals surface area contributed by atoms with E-state index in [9.17, 15) is 20.4 Å². The van der Waals surface area contributed by atoms with E-state index in [2.05, 4.69) is 9.97 Å². The van der Waals surface area contributed by atoms with Crippen molar-refractivity contribution in [2.75, 3.05) is 6.61 Å². The zero-order valence-corrected chi connectivity index (χ0v) is 16.6. The second kappa shape index (κ2) is 8.49.